The molecule has 1 unspecified atom stereocenters. The number of hydrogen-bond donors (Lipinski definition) is 1. The monoisotopic (exact) mass is 327 g/mol. The highest BCUT2D eigenvalue weighted by atomic mass is 32.2. The van der Waals surface area contributed by atoms with Crippen molar-refractivity contribution < 1.29 is 27.8 Å². The number of sulfonamides is 1. The highest BCUT2D eigenvalue weighted by Gasteiger charge is 2.35. The largest absolute Gasteiger partial charge is 0.481 e. The van der Waals surface area contributed by atoms with Crippen LogP contribution < -0.4 is 9.47 Å². The number of piperidine rings is 1. The predicted octanol–water partition coefficient (Wildman–Crippen LogP) is 1.21. The van der Waals surface area contributed by atoms with E-state index < -0.39 is 21.9 Å². The van der Waals surface area contributed by atoms with Gasteiger partial charge < -0.3 is 14.6 Å². The van der Waals surface area contributed by atoms with Crippen molar-refractivity contribution in [1.29, 1.82) is 0 Å². The molecule has 0 aliphatic carbocycles. The van der Waals surface area contributed by atoms with E-state index in [0.29, 0.717) is 36.4 Å². The van der Waals surface area contributed by atoms with Gasteiger partial charge in [-0.05, 0) is 31.4 Å². The molecule has 22 heavy (non-hydrogen) atoms. The van der Waals surface area contributed by atoms with Gasteiger partial charge in [-0.3, -0.25) is 4.79 Å². The number of carbonyl (C=O) groups is 1. The third kappa shape index (κ3) is 2.52. The van der Waals surface area contributed by atoms with Crippen molar-refractivity contribution in [3.63, 3.8) is 0 Å². The molecule has 120 valence electrons. The standard InChI is InChI=1S/C14H17NO6S/c1-9-5-11-12(21-8-20-11)6-13(9)22(18,19)15-4-2-3-10(7-15)14(16)17/h5-6,10H,2-4,7-8H2,1H3,(H,16,17). The summed E-state index contributed by atoms with van der Waals surface area (Å²) in [5.41, 5.74) is 0.557. The highest BCUT2D eigenvalue weighted by molar-refractivity contribution is 7.89. The summed E-state index contributed by atoms with van der Waals surface area (Å²) in [5.74, 6) is -0.686. The number of aryl methyl sites for hydroxylation is 1. The van der Waals surface area contributed by atoms with Crippen LogP contribution in [0.4, 0.5) is 0 Å². The van der Waals surface area contributed by atoms with Crippen molar-refractivity contribution in [2.75, 3.05) is 19.9 Å². The maximum atomic E-state index is 12.8. The van der Waals surface area contributed by atoms with E-state index in [9.17, 15) is 13.2 Å². The summed E-state index contributed by atoms with van der Waals surface area (Å²) in [6.45, 7) is 2.10. The van der Waals surface area contributed by atoms with E-state index in [2.05, 4.69) is 0 Å². The van der Waals surface area contributed by atoms with E-state index in [1.807, 2.05) is 0 Å². The number of aliphatic carboxylic acids is 1. The lowest BCUT2D eigenvalue weighted by molar-refractivity contribution is -0.142. The van der Waals surface area contributed by atoms with Crippen molar-refractivity contribution in [1.82, 2.24) is 4.31 Å². The van der Waals surface area contributed by atoms with Gasteiger partial charge >= 0.3 is 5.97 Å². The van der Waals surface area contributed by atoms with Gasteiger partial charge in [0.05, 0.1) is 10.8 Å². The van der Waals surface area contributed by atoms with Crippen LogP contribution in [0.15, 0.2) is 17.0 Å². The number of fused-ring (bicyclic) bond motifs is 1. The molecule has 1 N–H and O–H groups in total. The van der Waals surface area contributed by atoms with Crippen molar-refractivity contribution in [3.05, 3.63) is 17.7 Å². The Bertz CT molecular complexity index is 714. The first-order chi connectivity index (χ1) is 10.4. The molecule has 1 saturated heterocycles. The summed E-state index contributed by atoms with van der Waals surface area (Å²) in [7, 11) is -3.75. The molecule has 1 aromatic carbocycles. The van der Waals surface area contributed by atoms with E-state index in [1.165, 1.54) is 10.4 Å². The van der Waals surface area contributed by atoms with Crippen molar-refractivity contribution in [2.24, 2.45) is 5.92 Å². The van der Waals surface area contributed by atoms with Crippen molar-refractivity contribution in [3.8, 4) is 11.5 Å². The van der Waals surface area contributed by atoms with Crippen LogP contribution in [-0.2, 0) is 14.8 Å². The third-order valence-electron chi connectivity index (χ3n) is 4.02. The normalized spacial score (nSPS) is 21.8. The van der Waals surface area contributed by atoms with Gasteiger partial charge in [-0.15, -0.1) is 0 Å². The maximum Gasteiger partial charge on any atom is 0.307 e. The van der Waals surface area contributed by atoms with Gasteiger partial charge in [0.1, 0.15) is 0 Å². The van der Waals surface area contributed by atoms with Crippen LogP contribution in [0.1, 0.15) is 18.4 Å². The molecule has 0 amide bonds. The molecule has 1 aromatic rings. The second kappa shape index (κ2) is 5.44. The molecule has 7 nitrogen and oxygen atoms in total. The minimum absolute atomic E-state index is 0.00550. The van der Waals surface area contributed by atoms with Gasteiger partial charge in [-0.2, -0.15) is 4.31 Å². The van der Waals surface area contributed by atoms with E-state index in [0.717, 1.165) is 0 Å². The van der Waals surface area contributed by atoms with Crippen LogP contribution in [0.2, 0.25) is 0 Å². The number of carboxylic acid groups (broad SMARTS) is 1. The molecule has 1 atom stereocenters. The van der Waals surface area contributed by atoms with Gasteiger partial charge in [-0.1, -0.05) is 0 Å². The summed E-state index contributed by atoms with van der Waals surface area (Å²) >= 11 is 0. The fourth-order valence-electron chi connectivity index (χ4n) is 2.80. The molecule has 0 saturated carbocycles. The van der Waals surface area contributed by atoms with Crippen LogP contribution in [0.25, 0.3) is 0 Å². The quantitative estimate of drug-likeness (QED) is 0.897. The molecule has 2 aliphatic rings. The minimum Gasteiger partial charge on any atom is -0.481 e. The number of hydrogen-bond acceptors (Lipinski definition) is 5. The zero-order valence-corrected chi connectivity index (χ0v) is 12.9. The van der Waals surface area contributed by atoms with Gasteiger partial charge in [0, 0.05) is 19.2 Å². The molecule has 1 fully saturated rings. The average Bonchev–Trinajstić information content (AvgIpc) is 2.93. The molecular weight excluding hydrogens is 310 g/mol. The second-order valence-corrected chi connectivity index (χ2v) is 7.42. The lowest BCUT2D eigenvalue weighted by Gasteiger charge is -2.30. The van der Waals surface area contributed by atoms with Crippen LogP contribution in [-0.4, -0.2) is 43.7 Å². The Hall–Kier alpha value is -1.80. The maximum absolute atomic E-state index is 12.8. The Labute approximate surface area is 128 Å². The number of carboxylic acids is 1. The van der Waals surface area contributed by atoms with Crippen LogP contribution in [0, 0.1) is 12.8 Å². The van der Waals surface area contributed by atoms with E-state index in [-0.39, 0.29) is 18.2 Å². The minimum atomic E-state index is -3.75. The Kier molecular flexibility index (Phi) is 3.73. The summed E-state index contributed by atoms with van der Waals surface area (Å²) in [5, 5.41) is 9.12. The lowest BCUT2D eigenvalue weighted by Crippen LogP contribution is -2.42. The second-order valence-electron chi connectivity index (χ2n) is 5.51. The van der Waals surface area contributed by atoms with Crippen LogP contribution in [0.3, 0.4) is 0 Å². The Balaban J connectivity index is 1.94. The first-order valence-electron chi connectivity index (χ1n) is 7.03. The lowest BCUT2D eigenvalue weighted by atomic mass is 10.0. The molecule has 2 aliphatic heterocycles. The predicted molar refractivity (Wildman–Crippen MR) is 76.4 cm³/mol. The smallest absolute Gasteiger partial charge is 0.307 e. The zero-order chi connectivity index (χ0) is 15.9. The van der Waals surface area contributed by atoms with Gasteiger partial charge in [0.25, 0.3) is 0 Å². The van der Waals surface area contributed by atoms with Gasteiger partial charge in [0.15, 0.2) is 11.5 Å². The molecule has 0 bridgehead atoms. The van der Waals surface area contributed by atoms with E-state index in [1.54, 1.807) is 13.0 Å². The zero-order valence-electron chi connectivity index (χ0n) is 12.1. The fourth-order valence-corrected chi connectivity index (χ4v) is 4.55. The molecule has 3 rings (SSSR count). The summed E-state index contributed by atoms with van der Waals surface area (Å²) in [4.78, 5) is 11.3. The first-order valence-corrected chi connectivity index (χ1v) is 8.47. The summed E-state index contributed by atoms with van der Waals surface area (Å²) in [6, 6.07) is 3.09. The van der Waals surface area contributed by atoms with Gasteiger partial charge in [-0.25, -0.2) is 8.42 Å². The van der Waals surface area contributed by atoms with Gasteiger partial charge in [0.2, 0.25) is 16.8 Å². The van der Waals surface area contributed by atoms with Crippen molar-refractivity contribution >= 4 is 16.0 Å². The van der Waals surface area contributed by atoms with Crippen LogP contribution in [0.5, 0.6) is 11.5 Å². The number of rotatable bonds is 3. The Morgan fingerprint density at radius 3 is 2.68 bits per heavy atom. The summed E-state index contributed by atoms with van der Waals surface area (Å²) in [6.07, 6.45) is 1.04. The first kappa shape index (κ1) is 15.1. The molecule has 0 aromatic heterocycles. The molecular formula is C14H17NO6S. The van der Waals surface area contributed by atoms with Crippen molar-refractivity contribution in [2.45, 2.75) is 24.7 Å². The molecule has 8 heteroatoms. The number of ether oxygens (including phenoxy) is 2. The number of nitrogens with zero attached hydrogens (tertiary/aromatic N) is 1. The van der Waals surface area contributed by atoms with Crippen LogP contribution >= 0.6 is 0 Å². The van der Waals surface area contributed by atoms with E-state index >= 15 is 0 Å². The molecule has 0 spiro atoms. The third-order valence-corrected chi connectivity index (χ3v) is 6.03. The number of benzene rings is 1. The summed E-state index contributed by atoms with van der Waals surface area (Å²) < 4.78 is 37.3. The SMILES string of the molecule is Cc1cc2c(cc1S(=O)(=O)N1CCCC(C(=O)O)C1)OCO2. The highest BCUT2D eigenvalue weighted by Crippen LogP contribution is 2.37. The fraction of sp³-hybridized carbons (Fsp3) is 0.500. The average molecular weight is 327 g/mol. The Morgan fingerprint density at radius 1 is 1.32 bits per heavy atom. The molecule has 0 radical (unpaired) electrons. The van der Waals surface area contributed by atoms with E-state index in [4.69, 9.17) is 14.6 Å². The Morgan fingerprint density at radius 2 is 2.00 bits per heavy atom. The molecule has 2 heterocycles. The topological polar surface area (TPSA) is 93.1 Å².